The molecule has 0 saturated carbocycles. The average Bonchev–Trinajstić information content (AvgIpc) is 2.78. The molecule has 1 aromatic heterocycles. The fraction of sp³-hybridized carbons (Fsp3) is 0.182. The second-order valence-corrected chi connectivity index (χ2v) is 3.89. The van der Waals surface area contributed by atoms with Gasteiger partial charge in [-0.2, -0.15) is 0 Å². The number of hydrogen-bond donors (Lipinski definition) is 1. The number of aliphatic hydroxyl groups excluding tert-OH is 1. The van der Waals surface area contributed by atoms with E-state index in [4.69, 9.17) is 9.84 Å². The molecule has 1 aromatic carbocycles. The maximum absolute atomic E-state index is 8.90. The molecule has 0 spiro atoms. The summed E-state index contributed by atoms with van der Waals surface area (Å²) >= 11 is 1.53. The number of nitrogens with zero attached hydrogens (tertiary/aromatic N) is 1. The largest absolute Gasteiger partial charge is 0.497 e. The number of rotatable bonds is 3. The van der Waals surface area contributed by atoms with E-state index in [1.807, 2.05) is 29.6 Å². The molecule has 1 N–H and O–H groups in total. The standard InChI is InChI=1S/C11H11NO2S/c1-14-10-4-2-8(3-5-10)11-12-9(6-13)7-15-11/h2-5,7,13H,6H2,1H3. The van der Waals surface area contributed by atoms with Gasteiger partial charge < -0.3 is 9.84 Å². The maximum atomic E-state index is 8.90. The van der Waals surface area contributed by atoms with E-state index in [1.165, 1.54) is 11.3 Å². The average molecular weight is 221 g/mol. The number of benzene rings is 1. The summed E-state index contributed by atoms with van der Waals surface area (Å²) in [4.78, 5) is 4.28. The first-order valence-electron chi connectivity index (χ1n) is 4.53. The van der Waals surface area contributed by atoms with Crippen LogP contribution < -0.4 is 4.74 Å². The van der Waals surface area contributed by atoms with Crippen molar-refractivity contribution in [1.29, 1.82) is 0 Å². The van der Waals surface area contributed by atoms with Crippen molar-refractivity contribution in [2.24, 2.45) is 0 Å². The molecule has 0 saturated heterocycles. The fourth-order valence-corrected chi connectivity index (χ4v) is 2.06. The zero-order chi connectivity index (χ0) is 10.7. The van der Waals surface area contributed by atoms with E-state index in [0.29, 0.717) is 5.69 Å². The van der Waals surface area contributed by atoms with E-state index in [2.05, 4.69) is 4.98 Å². The summed E-state index contributed by atoms with van der Waals surface area (Å²) in [6, 6.07) is 7.71. The molecule has 78 valence electrons. The zero-order valence-corrected chi connectivity index (χ0v) is 9.12. The van der Waals surface area contributed by atoms with Crippen molar-refractivity contribution >= 4 is 11.3 Å². The van der Waals surface area contributed by atoms with Gasteiger partial charge in [0.05, 0.1) is 19.4 Å². The second-order valence-electron chi connectivity index (χ2n) is 3.03. The van der Waals surface area contributed by atoms with Crippen LogP contribution in [-0.2, 0) is 6.61 Å². The Morgan fingerprint density at radius 1 is 1.33 bits per heavy atom. The molecule has 0 amide bonds. The third-order valence-electron chi connectivity index (χ3n) is 2.05. The summed E-state index contributed by atoms with van der Waals surface area (Å²) in [5.41, 5.74) is 1.76. The Labute approximate surface area is 92.0 Å². The van der Waals surface area contributed by atoms with Gasteiger partial charge in [0.2, 0.25) is 0 Å². The quantitative estimate of drug-likeness (QED) is 0.864. The van der Waals surface area contributed by atoms with E-state index < -0.39 is 0 Å². The van der Waals surface area contributed by atoms with Crippen LogP contribution in [0.25, 0.3) is 10.6 Å². The molecule has 2 aromatic rings. The summed E-state index contributed by atoms with van der Waals surface area (Å²) in [7, 11) is 1.64. The predicted molar refractivity (Wildman–Crippen MR) is 60.0 cm³/mol. The van der Waals surface area contributed by atoms with Crippen LogP contribution in [-0.4, -0.2) is 17.2 Å². The van der Waals surface area contributed by atoms with Gasteiger partial charge >= 0.3 is 0 Å². The summed E-state index contributed by atoms with van der Waals surface area (Å²) in [5, 5.41) is 11.7. The lowest BCUT2D eigenvalue weighted by Crippen LogP contribution is -1.84. The van der Waals surface area contributed by atoms with Crippen molar-refractivity contribution < 1.29 is 9.84 Å². The number of methoxy groups -OCH3 is 1. The van der Waals surface area contributed by atoms with Crippen molar-refractivity contribution in [3.8, 4) is 16.3 Å². The molecule has 1 heterocycles. The lowest BCUT2D eigenvalue weighted by atomic mass is 10.2. The molecule has 3 nitrogen and oxygen atoms in total. The van der Waals surface area contributed by atoms with Crippen molar-refractivity contribution in [1.82, 2.24) is 4.98 Å². The molecule has 2 rings (SSSR count). The normalized spacial score (nSPS) is 10.3. The highest BCUT2D eigenvalue weighted by atomic mass is 32.1. The van der Waals surface area contributed by atoms with Gasteiger partial charge in [-0.3, -0.25) is 0 Å². The van der Waals surface area contributed by atoms with Gasteiger partial charge in [0.15, 0.2) is 0 Å². The van der Waals surface area contributed by atoms with E-state index in [1.54, 1.807) is 7.11 Å². The van der Waals surface area contributed by atoms with Gasteiger partial charge in [-0.1, -0.05) is 0 Å². The molecular formula is C11H11NO2S. The fourth-order valence-electron chi connectivity index (χ4n) is 1.25. The van der Waals surface area contributed by atoms with E-state index >= 15 is 0 Å². The highest BCUT2D eigenvalue weighted by molar-refractivity contribution is 7.13. The van der Waals surface area contributed by atoms with Crippen LogP contribution in [0.5, 0.6) is 5.75 Å². The molecule has 4 heteroatoms. The highest BCUT2D eigenvalue weighted by Gasteiger charge is 2.03. The van der Waals surface area contributed by atoms with Gasteiger partial charge in [0.25, 0.3) is 0 Å². The first kappa shape index (κ1) is 10.1. The number of hydrogen-bond acceptors (Lipinski definition) is 4. The lowest BCUT2D eigenvalue weighted by molar-refractivity contribution is 0.278. The van der Waals surface area contributed by atoms with E-state index in [9.17, 15) is 0 Å². The van der Waals surface area contributed by atoms with Gasteiger partial charge in [0, 0.05) is 10.9 Å². The number of aliphatic hydroxyl groups is 1. The minimum atomic E-state index is -0.00729. The van der Waals surface area contributed by atoms with Crippen LogP contribution in [0.3, 0.4) is 0 Å². The minimum Gasteiger partial charge on any atom is -0.497 e. The summed E-state index contributed by atoms with van der Waals surface area (Å²) in [5.74, 6) is 0.831. The number of thiazole rings is 1. The molecule has 15 heavy (non-hydrogen) atoms. The Balaban J connectivity index is 2.28. The molecular weight excluding hydrogens is 210 g/mol. The Hall–Kier alpha value is -1.39. The van der Waals surface area contributed by atoms with Crippen LogP contribution in [0.2, 0.25) is 0 Å². The van der Waals surface area contributed by atoms with Crippen LogP contribution in [0.1, 0.15) is 5.69 Å². The minimum absolute atomic E-state index is 0.00729. The third kappa shape index (κ3) is 2.16. The van der Waals surface area contributed by atoms with Crippen LogP contribution >= 0.6 is 11.3 Å². The summed E-state index contributed by atoms with van der Waals surface area (Å²) in [6.45, 7) is -0.00729. The smallest absolute Gasteiger partial charge is 0.123 e. The lowest BCUT2D eigenvalue weighted by Gasteiger charge is -1.99. The molecule has 0 bridgehead atoms. The van der Waals surface area contributed by atoms with Crippen molar-refractivity contribution in [2.75, 3.05) is 7.11 Å². The topological polar surface area (TPSA) is 42.4 Å². The SMILES string of the molecule is COc1ccc(-c2nc(CO)cs2)cc1. The van der Waals surface area contributed by atoms with Crippen molar-refractivity contribution in [3.63, 3.8) is 0 Å². The first-order valence-corrected chi connectivity index (χ1v) is 5.41. The van der Waals surface area contributed by atoms with Gasteiger partial charge in [-0.25, -0.2) is 4.98 Å². The van der Waals surface area contributed by atoms with Crippen LogP contribution in [0, 0.1) is 0 Å². The Morgan fingerprint density at radius 2 is 2.07 bits per heavy atom. The Bertz CT molecular complexity index is 436. The van der Waals surface area contributed by atoms with Gasteiger partial charge in [-0.15, -0.1) is 11.3 Å². The molecule has 0 unspecified atom stereocenters. The predicted octanol–water partition coefficient (Wildman–Crippen LogP) is 2.31. The molecule has 0 aliphatic rings. The summed E-state index contributed by atoms with van der Waals surface area (Å²) in [6.07, 6.45) is 0. The third-order valence-corrected chi connectivity index (χ3v) is 2.99. The number of ether oxygens (including phenoxy) is 1. The monoisotopic (exact) mass is 221 g/mol. The van der Waals surface area contributed by atoms with Gasteiger partial charge in [-0.05, 0) is 24.3 Å². The molecule has 0 atom stereocenters. The molecule has 0 fully saturated rings. The summed E-state index contributed by atoms with van der Waals surface area (Å²) < 4.78 is 5.07. The zero-order valence-electron chi connectivity index (χ0n) is 8.30. The molecule has 0 aliphatic heterocycles. The van der Waals surface area contributed by atoms with E-state index in [0.717, 1.165) is 16.3 Å². The van der Waals surface area contributed by atoms with E-state index in [-0.39, 0.29) is 6.61 Å². The highest BCUT2D eigenvalue weighted by Crippen LogP contribution is 2.25. The van der Waals surface area contributed by atoms with Crippen LogP contribution in [0.15, 0.2) is 29.6 Å². The van der Waals surface area contributed by atoms with Crippen LogP contribution in [0.4, 0.5) is 0 Å². The molecule has 0 radical (unpaired) electrons. The second kappa shape index (κ2) is 4.42. The Morgan fingerprint density at radius 3 is 2.60 bits per heavy atom. The first-order chi connectivity index (χ1) is 7.33. The molecule has 0 aliphatic carbocycles. The Kier molecular flexibility index (Phi) is 2.99. The van der Waals surface area contributed by atoms with Crippen molar-refractivity contribution in [2.45, 2.75) is 6.61 Å². The van der Waals surface area contributed by atoms with Crippen molar-refractivity contribution in [3.05, 3.63) is 35.3 Å². The maximum Gasteiger partial charge on any atom is 0.123 e. The number of aromatic nitrogens is 1. The van der Waals surface area contributed by atoms with Gasteiger partial charge in [0.1, 0.15) is 10.8 Å².